The van der Waals surface area contributed by atoms with E-state index >= 15 is 0 Å². The summed E-state index contributed by atoms with van der Waals surface area (Å²) in [4.78, 5) is 14.7. The van der Waals surface area contributed by atoms with Crippen LogP contribution in [0.25, 0.3) is 22.0 Å². The molecular formula is C20H18F2N2O. The van der Waals surface area contributed by atoms with Gasteiger partial charge in [-0.15, -0.1) is 0 Å². The van der Waals surface area contributed by atoms with Gasteiger partial charge in [0.2, 0.25) is 0 Å². The van der Waals surface area contributed by atoms with E-state index in [1.165, 1.54) is 12.1 Å². The maximum Gasteiger partial charge on any atom is 0.152 e. The van der Waals surface area contributed by atoms with E-state index in [0.717, 1.165) is 54.8 Å². The molecule has 1 fully saturated rings. The molecule has 0 radical (unpaired) electrons. The molecule has 0 aliphatic carbocycles. The first kappa shape index (κ1) is 16.0. The van der Waals surface area contributed by atoms with Gasteiger partial charge in [-0.05, 0) is 67.2 Å². The molecule has 1 aromatic heterocycles. The smallest absolute Gasteiger partial charge is 0.152 e. The van der Waals surface area contributed by atoms with Gasteiger partial charge in [0, 0.05) is 28.8 Å². The van der Waals surface area contributed by atoms with Gasteiger partial charge in [0.05, 0.1) is 5.52 Å². The van der Waals surface area contributed by atoms with Crippen LogP contribution in [0.1, 0.15) is 34.7 Å². The van der Waals surface area contributed by atoms with Gasteiger partial charge in [0.1, 0.15) is 11.6 Å². The van der Waals surface area contributed by atoms with Crippen molar-refractivity contribution in [3.63, 3.8) is 0 Å². The summed E-state index contributed by atoms with van der Waals surface area (Å²) in [5.41, 5.74) is 3.29. The highest BCUT2D eigenvalue weighted by molar-refractivity contribution is 6.00. The van der Waals surface area contributed by atoms with Crippen LogP contribution in [0.5, 0.6) is 0 Å². The molecule has 0 atom stereocenters. The Balaban J connectivity index is 1.89. The first-order valence-corrected chi connectivity index (χ1v) is 8.43. The van der Waals surface area contributed by atoms with Crippen LogP contribution in [0.15, 0.2) is 36.5 Å². The summed E-state index contributed by atoms with van der Waals surface area (Å²) in [6, 6.07) is 7.05. The quantitative estimate of drug-likeness (QED) is 0.695. The van der Waals surface area contributed by atoms with Gasteiger partial charge in [-0.3, -0.25) is 4.79 Å². The molecule has 128 valence electrons. The summed E-state index contributed by atoms with van der Waals surface area (Å²) in [6.07, 6.45) is 4.78. The van der Waals surface area contributed by atoms with Crippen molar-refractivity contribution < 1.29 is 13.6 Å². The number of hydrogen-bond donors (Lipinski definition) is 2. The van der Waals surface area contributed by atoms with E-state index in [1.54, 1.807) is 6.07 Å². The minimum absolute atomic E-state index is 0.295. The van der Waals surface area contributed by atoms with E-state index in [4.69, 9.17) is 0 Å². The molecule has 5 heteroatoms. The molecule has 25 heavy (non-hydrogen) atoms. The number of carbonyl (C=O) groups excluding carboxylic acids is 1. The van der Waals surface area contributed by atoms with E-state index < -0.39 is 11.6 Å². The van der Waals surface area contributed by atoms with Crippen LogP contribution < -0.4 is 5.32 Å². The second-order valence-electron chi connectivity index (χ2n) is 6.50. The number of aromatic amines is 1. The number of H-pyrrole nitrogens is 1. The van der Waals surface area contributed by atoms with Crippen LogP contribution in [-0.2, 0) is 0 Å². The minimum atomic E-state index is -0.629. The fraction of sp³-hybridized carbons (Fsp3) is 0.250. The van der Waals surface area contributed by atoms with E-state index in [1.807, 2.05) is 12.3 Å². The highest BCUT2D eigenvalue weighted by Gasteiger charge is 2.20. The molecule has 2 N–H and O–H groups in total. The lowest BCUT2D eigenvalue weighted by Gasteiger charge is -2.22. The third-order valence-electron chi connectivity index (χ3n) is 5.00. The number of nitrogens with one attached hydrogen (secondary N) is 2. The molecular weight excluding hydrogens is 322 g/mol. The van der Waals surface area contributed by atoms with Gasteiger partial charge in [-0.25, -0.2) is 8.78 Å². The fourth-order valence-electron chi connectivity index (χ4n) is 3.72. The summed E-state index contributed by atoms with van der Waals surface area (Å²) in [7, 11) is 0. The summed E-state index contributed by atoms with van der Waals surface area (Å²) in [6.45, 7) is 1.92. The number of benzene rings is 2. The Bertz CT molecular complexity index is 942. The van der Waals surface area contributed by atoms with Crippen molar-refractivity contribution in [1.29, 1.82) is 0 Å². The number of hydrogen-bond acceptors (Lipinski definition) is 2. The Kier molecular flexibility index (Phi) is 4.09. The van der Waals surface area contributed by atoms with Gasteiger partial charge in [-0.2, -0.15) is 0 Å². The third-order valence-corrected chi connectivity index (χ3v) is 5.00. The minimum Gasteiger partial charge on any atom is -0.360 e. The van der Waals surface area contributed by atoms with Crippen molar-refractivity contribution in [2.24, 2.45) is 0 Å². The number of aldehydes is 1. The van der Waals surface area contributed by atoms with Crippen LogP contribution >= 0.6 is 0 Å². The van der Waals surface area contributed by atoms with Crippen LogP contribution in [0.3, 0.4) is 0 Å². The summed E-state index contributed by atoms with van der Waals surface area (Å²) in [5.74, 6) is -0.840. The highest BCUT2D eigenvalue weighted by Crippen LogP contribution is 2.36. The maximum atomic E-state index is 14.2. The fourth-order valence-corrected chi connectivity index (χ4v) is 3.72. The Morgan fingerprint density at radius 3 is 2.60 bits per heavy atom. The maximum absolute atomic E-state index is 14.2. The average Bonchev–Trinajstić information content (AvgIpc) is 3.05. The van der Waals surface area contributed by atoms with Crippen molar-refractivity contribution in [2.45, 2.75) is 18.8 Å². The predicted octanol–water partition coefficient (Wildman–Crippen LogP) is 4.39. The van der Waals surface area contributed by atoms with Gasteiger partial charge in [0.15, 0.2) is 6.29 Å². The molecule has 4 rings (SSSR count). The van der Waals surface area contributed by atoms with Crippen molar-refractivity contribution in [2.75, 3.05) is 13.1 Å². The first-order chi connectivity index (χ1) is 12.2. The Morgan fingerprint density at radius 1 is 1.08 bits per heavy atom. The molecule has 3 nitrogen and oxygen atoms in total. The van der Waals surface area contributed by atoms with Crippen molar-refractivity contribution in [1.82, 2.24) is 10.3 Å². The lowest BCUT2D eigenvalue weighted by molar-refractivity contribution is 0.112. The van der Waals surface area contributed by atoms with E-state index in [2.05, 4.69) is 10.3 Å². The highest BCUT2D eigenvalue weighted by atomic mass is 19.1. The van der Waals surface area contributed by atoms with Crippen LogP contribution in [0.4, 0.5) is 8.78 Å². The summed E-state index contributed by atoms with van der Waals surface area (Å²) < 4.78 is 27.4. The number of piperidine rings is 1. The third kappa shape index (κ3) is 2.85. The average molecular weight is 340 g/mol. The van der Waals surface area contributed by atoms with Crippen LogP contribution in [0, 0.1) is 11.6 Å². The number of carbonyl (C=O) groups is 1. The molecule has 0 unspecified atom stereocenters. The van der Waals surface area contributed by atoms with Crippen molar-refractivity contribution in [3.05, 3.63) is 59.3 Å². The molecule has 0 saturated carbocycles. The van der Waals surface area contributed by atoms with Gasteiger partial charge in [-0.1, -0.05) is 0 Å². The van der Waals surface area contributed by atoms with Gasteiger partial charge >= 0.3 is 0 Å². The monoisotopic (exact) mass is 340 g/mol. The van der Waals surface area contributed by atoms with Crippen LogP contribution in [-0.4, -0.2) is 24.4 Å². The second-order valence-corrected chi connectivity index (χ2v) is 6.50. The standard InChI is InChI=1S/C20H18F2N2O/c21-15-1-2-16(19(22)9-15)13-7-14(11-25)20-17(8-13)18(10-24-20)12-3-5-23-6-4-12/h1-2,7-12,23-24H,3-6H2. The zero-order valence-corrected chi connectivity index (χ0v) is 13.6. The number of rotatable bonds is 3. The largest absolute Gasteiger partial charge is 0.360 e. The first-order valence-electron chi connectivity index (χ1n) is 8.43. The van der Waals surface area contributed by atoms with Crippen LogP contribution in [0.2, 0.25) is 0 Å². The number of aromatic nitrogens is 1. The number of halogens is 2. The van der Waals surface area contributed by atoms with Crippen molar-refractivity contribution in [3.8, 4) is 11.1 Å². The lowest BCUT2D eigenvalue weighted by atomic mass is 9.88. The number of fused-ring (bicyclic) bond motifs is 1. The molecule has 1 saturated heterocycles. The van der Waals surface area contributed by atoms with E-state index in [0.29, 0.717) is 22.6 Å². The topological polar surface area (TPSA) is 44.9 Å². The molecule has 0 bridgehead atoms. The van der Waals surface area contributed by atoms with E-state index in [-0.39, 0.29) is 0 Å². The zero-order valence-electron chi connectivity index (χ0n) is 13.6. The van der Waals surface area contributed by atoms with Gasteiger partial charge in [0.25, 0.3) is 0 Å². The SMILES string of the molecule is O=Cc1cc(-c2ccc(F)cc2F)cc2c(C3CCNCC3)c[nH]c12. The molecule has 1 aliphatic heterocycles. The Morgan fingerprint density at radius 2 is 1.88 bits per heavy atom. The summed E-state index contributed by atoms with van der Waals surface area (Å²) >= 11 is 0. The lowest BCUT2D eigenvalue weighted by Crippen LogP contribution is -2.26. The predicted molar refractivity (Wildman–Crippen MR) is 93.9 cm³/mol. The van der Waals surface area contributed by atoms with E-state index in [9.17, 15) is 13.6 Å². The van der Waals surface area contributed by atoms with Gasteiger partial charge < -0.3 is 10.3 Å². The second kappa shape index (κ2) is 6.41. The molecule has 1 aliphatic rings. The Hall–Kier alpha value is -2.53. The Labute approximate surface area is 144 Å². The zero-order chi connectivity index (χ0) is 17.4. The normalized spacial score (nSPS) is 15.6. The molecule has 2 heterocycles. The molecule has 0 amide bonds. The van der Waals surface area contributed by atoms with Crippen molar-refractivity contribution >= 4 is 17.2 Å². The molecule has 3 aromatic rings. The molecule has 2 aromatic carbocycles. The summed E-state index contributed by atoms with van der Waals surface area (Å²) in [5, 5.41) is 4.29. The molecule has 0 spiro atoms.